The zero-order valence-corrected chi connectivity index (χ0v) is 34.1. The molecule has 63 heavy (non-hydrogen) atoms. The van der Waals surface area contributed by atoms with Crippen LogP contribution in [-0.2, 0) is 5.41 Å². The van der Waals surface area contributed by atoms with Gasteiger partial charge in [0.25, 0.3) is 0 Å². The average molecular weight is 804 g/mol. The molecule has 11 aromatic rings. The Bertz CT molecular complexity index is 3470. The van der Waals surface area contributed by atoms with E-state index < -0.39 is 5.41 Å². The lowest BCUT2D eigenvalue weighted by Gasteiger charge is -2.32. The van der Waals surface area contributed by atoms with Crippen molar-refractivity contribution in [1.29, 1.82) is 0 Å². The van der Waals surface area contributed by atoms with Gasteiger partial charge in [0, 0.05) is 46.1 Å². The Balaban J connectivity index is 0.994. The Labute approximate surface area is 364 Å². The van der Waals surface area contributed by atoms with E-state index in [9.17, 15) is 0 Å². The maximum absolute atomic E-state index is 5.22. The number of benzene rings is 8. The summed E-state index contributed by atoms with van der Waals surface area (Å²) in [5.74, 6) is 0. The fourth-order valence-electron chi connectivity index (χ4n) is 10.3. The Morgan fingerprint density at radius 2 is 0.841 bits per heavy atom. The van der Waals surface area contributed by atoms with E-state index in [1.807, 2.05) is 54.7 Å². The molecule has 5 heteroatoms. The molecule has 0 amide bonds. The molecule has 0 atom stereocenters. The van der Waals surface area contributed by atoms with E-state index in [1.165, 1.54) is 44.5 Å². The molecule has 5 nitrogen and oxygen atoms in total. The van der Waals surface area contributed by atoms with Crippen LogP contribution in [0, 0.1) is 0 Å². The van der Waals surface area contributed by atoms with Crippen molar-refractivity contribution in [3.63, 3.8) is 0 Å². The highest BCUT2D eigenvalue weighted by molar-refractivity contribution is 5.96. The number of fused-ring (bicyclic) bond motifs is 12. The predicted molar refractivity (Wildman–Crippen MR) is 256 cm³/mol. The van der Waals surface area contributed by atoms with Crippen LogP contribution in [0.3, 0.4) is 0 Å². The summed E-state index contributed by atoms with van der Waals surface area (Å²) in [5.41, 5.74) is 21.5. The molecule has 0 saturated carbocycles. The van der Waals surface area contributed by atoms with Gasteiger partial charge >= 0.3 is 0 Å². The van der Waals surface area contributed by atoms with Crippen molar-refractivity contribution in [2.75, 3.05) is 4.90 Å². The second-order valence-corrected chi connectivity index (χ2v) is 16.4. The summed E-state index contributed by atoms with van der Waals surface area (Å²) in [4.78, 5) is 17.7. The van der Waals surface area contributed by atoms with Crippen LogP contribution in [0.2, 0.25) is 0 Å². The zero-order valence-electron chi connectivity index (χ0n) is 34.1. The summed E-state index contributed by atoms with van der Waals surface area (Å²) in [6.45, 7) is 0. The molecular weight excluding hydrogens is 767 g/mol. The summed E-state index contributed by atoms with van der Waals surface area (Å²) in [6, 6.07) is 76.2. The van der Waals surface area contributed by atoms with Crippen molar-refractivity contribution < 1.29 is 0 Å². The van der Waals surface area contributed by atoms with Gasteiger partial charge < -0.3 is 9.30 Å². The molecule has 0 fully saturated rings. The maximum atomic E-state index is 5.22. The number of hydrogen-bond donors (Lipinski definition) is 0. The molecule has 3 heterocycles. The van der Waals surface area contributed by atoms with Gasteiger partial charge in [-0.1, -0.05) is 152 Å². The molecular formula is C58H37N5. The van der Waals surface area contributed by atoms with E-state index in [0.717, 1.165) is 67.5 Å². The molecule has 0 bridgehead atoms. The monoisotopic (exact) mass is 803 g/mol. The standard InChI is InChI=1S/C58H37N5/c1-2-14-39(15-3-1)56-57(61-53-23-11-10-22-52(53)60-56)40-27-31-42(32-28-40)63(41-29-25-38(26-30-41)54-37-62-35-13-12-24-55(62)59-54)43-33-34-47-46-18-6-9-21-50(46)58(51(47)36-43)48-19-7-4-16-44(48)45-17-5-8-20-49(45)58/h1-37H. The molecule has 1 spiro atoms. The van der Waals surface area contributed by atoms with Gasteiger partial charge in [-0.3, -0.25) is 0 Å². The molecule has 0 saturated heterocycles. The van der Waals surface area contributed by atoms with Crippen LogP contribution in [0.5, 0.6) is 0 Å². The number of hydrogen-bond acceptors (Lipinski definition) is 4. The van der Waals surface area contributed by atoms with Crippen molar-refractivity contribution in [1.82, 2.24) is 19.4 Å². The van der Waals surface area contributed by atoms with Crippen LogP contribution in [0.25, 0.3) is 72.7 Å². The Morgan fingerprint density at radius 3 is 1.43 bits per heavy atom. The van der Waals surface area contributed by atoms with Gasteiger partial charge in [-0.05, 0) is 105 Å². The van der Waals surface area contributed by atoms with Gasteiger partial charge in [0.1, 0.15) is 5.65 Å². The third-order valence-corrected chi connectivity index (χ3v) is 13.0. The first-order chi connectivity index (χ1) is 31.2. The van der Waals surface area contributed by atoms with Crippen molar-refractivity contribution in [2.45, 2.75) is 5.41 Å². The van der Waals surface area contributed by atoms with Gasteiger partial charge in [0.05, 0.1) is 33.5 Å². The molecule has 294 valence electrons. The fraction of sp³-hybridized carbons (Fsp3) is 0.0172. The summed E-state index contributed by atoms with van der Waals surface area (Å²) in [6.07, 6.45) is 4.13. The normalized spacial score (nSPS) is 12.9. The summed E-state index contributed by atoms with van der Waals surface area (Å²) in [7, 11) is 0. The first-order valence-electron chi connectivity index (χ1n) is 21.4. The first-order valence-corrected chi connectivity index (χ1v) is 21.4. The number of nitrogens with zero attached hydrogens (tertiary/aromatic N) is 5. The lowest BCUT2D eigenvalue weighted by molar-refractivity contribution is 0.793. The van der Waals surface area contributed by atoms with Gasteiger partial charge in [-0.25, -0.2) is 15.0 Å². The van der Waals surface area contributed by atoms with E-state index in [2.05, 4.69) is 179 Å². The SMILES string of the molecule is c1ccc(-c2nc3ccccc3nc2-c2ccc(N(c3ccc(-c4cn5ccccc5n4)cc3)c3ccc4c(c3)C3(c5ccccc5-c5ccccc53)c3ccccc3-4)cc2)cc1. The predicted octanol–water partition coefficient (Wildman–Crippen LogP) is 14.1. The third-order valence-electron chi connectivity index (χ3n) is 13.0. The molecule has 0 radical (unpaired) electrons. The molecule has 0 N–H and O–H groups in total. The molecule has 0 unspecified atom stereocenters. The Kier molecular flexibility index (Phi) is 7.75. The maximum Gasteiger partial charge on any atom is 0.137 e. The van der Waals surface area contributed by atoms with Gasteiger partial charge in [-0.15, -0.1) is 0 Å². The first kappa shape index (κ1) is 35.4. The summed E-state index contributed by atoms with van der Waals surface area (Å²) >= 11 is 0. The molecule has 8 aromatic carbocycles. The van der Waals surface area contributed by atoms with E-state index in [4.69, 9.17) is 15.0 Å². The zero-order chi connectivity index (χ0) is 41.5. The Morgan fingerprint density at radius 1 is 0.365 bits per heavy atom. The Hall–Kier alpha value is -8.41. The van der Waals surface area contributed by atoms with Crippen molar-refractivity contribution in [3.8, 4) is 56.0 Å². The second kappa shape index (κ2) is 13.8. The lowest BCUT2D eigenvalue weighted by Crippen LogP contribution is -2.26. The van der Waals surface area contributed by atoms with Crippen LogP contribution in [-0.4, -0.2) is 19.4 Å². The topological polar surface area (TPSA) is 46.3 Å². The highest BCUT2D eigenvalue weighted by Gasteiger charge is 2.51. The largest absolute Gasteiger partial charge is 0.310 e. The molecule has 13 rings (SSSR count). The molecule has 2 aliphatic rings. The fourth-order valence-corrected chi connectivity index (χ4v) is 10.3. The molecule has 0 aliphatic heterocycles. The van der Waals surface area contributed by atoms with Crippen molar-refractivity contribution in [3.05, 3.63) is 247 Å². The van der Waals surface area contributed by atoms with Crippen molar-refractivity contribution >= 4 is 33.7 Å². The second-order valence-electron chi connectivity index (χ2n) is 16.4. The summed E-state index contributed by atoms with van der Waals surface area (Å²) in [5, 5.41) is 0. The minimum atomic E-state index is -0.458. The van der Waals surface area contributed by atoms with Crippen LogP contribution in [0.1, 0.15) is 22.3 Å². The highest BCUT2D eigenvalue weighted by Crippen LogP contribution is 2.63. The van der Waals surface area contributed by atoms with Gasteiger partial charge in [-0.2, -0.15) is 0 Å². The highest BCUT2D eigenvalue weighted by atomic mass is 15.1. The number of pyridine rings is 1. The van der Waals surface area contributed by atoms with E-state index >= 15 is 0 Å². The summed E-state index contributed by atoms with van der Waals surface area (Å²) < 4.78 is 2.07. The third kappa shape index (κ3) is 5.33. The number of anilines is 3. The minimum absolute atomic E-state index is 0.458. The van der Waals surface area contributed by atoms with Crippen LogP contribution in [0.4, 0.5) is 17.1 Å². The smallest absolute Gasteiger partial charge is 0.137 e. The average Bonchev–Trinajstić information content (AvgIpc) is 4.02. The number of para-hydroxylation sites is 2. The van der Waals surface area contributed by atoms with Gasteiger partial charge in [0.2, 0.25) is 0 Å². The van der Waals surface area contributed by atoms with Crippen molar-refractivity contribution in [2.24, 2.45) is 0 Å². The van der Waals surface area contributed by atoms with Crippen LogP contribution >= 0.6 is 0 Å². The van der Waals surface area contributed by atoms with E-state index in [1.54, 1.807) is 0 Å². The van der Waals surface area contributed by atoms with Crippen LogP contribution < -0.4 is 4.90 Å². The van der Waals surface area contributed by atoms with E-state index in [0.29, 0.717) is 0 Å². The van der Waals surface area contributed by atoms with Crippen LogP contribution in [0.15, 0.2) is 225 Å². The quantitative estimate of drug-likeness (QED) is 0.168. The number of aromatic nitrogens is 4. The van der Waals surface area contributed by atoms with E-state index in [-0.39, 0.29) is 0 Å². The number of rotatable bonds is 6. The lowest BCUT2D eigenvalue weighted by atomic mass is 9.70. The molecule has 2 aliphatic carbocycles. The van der Waals surface area contributed by atoms with Gasteiger partial charge in [0.15, 0.2) is 0 Å². The number of imidazole rings is 1. The minimum Gasteiger partial charge on any atom is -0.310 e. The molecule has 3 aromatic heterocycles.